The molecule has 0 bridgehead atoms. The van der Waals surface area contributed by atoms with E-state index in [0.29, 0.717) is 6.42 Å². The molecule has 0 amide bonds. The standard InChI is InChI=1S/C17H37N4O7P/c1-8(2)6-10-13(15(23)17(19)27-10)21-29(24,25-5)26-7-11-12(20-9(3)4)14(22)16(18)28-11/h8-17,20,22-23H,6-7,18-19H2,1-5H3,(H,21,24)/t10-,11-,12?,13?,14?,15?,16-,17-,29?/m1/s1. The number of hydrogen-bond acceptors (Lipinski definition) is 10. The van der Waals surface area contributed by atoms with Crippen molar-refractivity contribution in [2.24, 2.45) is 17.4 Å². The molecule has 0 aromatic heterocycles. The lowest BCUT2D eigenvalue weighted by atomic mass is 9.99. The van der Waals surface area contributed by atoms with Gasteiger partial charge in [-0.2, -0.15) is 0 Å². The van der Waals surface area contributed by atoms with Crippen molar-refractivity contribution in [2.45, 2.75) is 89.1 Å². The second-order valence-corrected chi connectivity index (χ2v) is 10.2. The Hall–Kier alpha value is -0.170. The molecular formula is C17H37N4O7P. The second kappa shape index (κ2) is 10.4. The van der Waals surface area contributed by atoms with E-state index < -0.39 is 56.7 Å². The van der Waals surface area contributed by atoms with Gasteiger partial charge < -0.3 is 41.0 Å². The molecule has 0 saturated carbocycles. The highest BCUT2D eigenvalue weighted by Crippen LogP contribution is 2.46. The van der Waals surface area contributed by atoms with E-state index in [1.54, 1.807) is 0 Å². The van der Waals surface area contributed by atoms with Gasteiger partial charge in [-0.15, -0.1) is 0 Å². The highest BCUT2D eigenvalue weighted by molar-refractivity contribution is 7.51. The molecule has 2 rings (SSSR count). The molecule has 0 aromatic rings. The summed E-state index contributed by atoms with van der Waals surface area (Å²) >= 11 is 0. The van der Waals surface area contributed by atoms with E-state index in [9.17, 15) is 14.8 Å². The monoisotopic (exact) mass is 440 g/mol. The van der Waals surface area contributed by atoms with Crippen molar-refractivity contribution in [3.8, 4) is 0 Å². The third kappa shape index (κ3) is 6.41. The van der Waals surface area contributed by atoms with Crippen molar-refractivity contribution < 1.29 is 33.3 Å². The zero-order valence-corrected chi connectivity index (χ0v) is 18.6. The maximum absolute atomic E-state index is 13.1. The predicted molar refractivity (Wildman–Crippen MR) is 107 cm³/mol. The summed E-state index contributed by atoms with van der Waals surface area (Å²) in [6.07, 6.45) is -4.25. The van der Waals surface area contributed by atoms with Gasteiger partial charge in [0.15, 0.2) is 0 Å². The lowest BCUT2D eigenvalue weighted by Crippen LogP contribution is -2.50. The molecule has 0 aromatic carbocycles. The van der Waals surface area contributed by atoms with Crippen molar-refractivity contribution in [1.82, 2.24) is 10.4 Å². The van der Waals surface area contributed by atoms with E-state index in [0.717, 1.165) is 0 Å². The van der Waals surface area contributed by atoms with Crippen LogP contribution in [0.3, 0.4) is 0 Å². The van der Waals surface area contributed by atoms with Crippen LogP contribution in [0.25, 0.3) is 0 Å². The first-order valence-electron chi connectivity index (χ1n) is 9.99. The number of rotatable bonds is 10. The molecule has 2 aliphatic heterocycles. The highest BCUT2D eigenvalue weighted by atomic mass is 31.2. The van der Waals surface area contributed by atoms with Gasteiger partial charge >= 0.3 is 7.75 Å². The molecule has 0 aliphatic carbocycles. The molecule has 29 heavy (non-hydrogen) atoms. The van der Waals surface area contributed by atoms with Crippen LogP contribution >= 0.6 is 7.75 Å². The number of ether oxygens (including phenoxy) is 2. The maximum atomic E-state index is 13.1. The average Bonchev–Trinajstić information content (AvgIpc) is 3.04. The third-order valence-electron chi connectivity index (χ3n) is 5.06. The van der Waals surface area contributed by atoms with Gasteiger partial charge in [-0.1, -0.05) is 27.7 Å². The summed E-state index contributed by atoms with van der Waals surface area (Å²) in [4.78, 5) is 0. The topological polar surface area (TPSA) is 171 Å². The van der Waals surface area contributed by atoms with Crippen LogP contribution < -0.4 is 21.9 Å². The minimum absolute atomic E-state index is 0.0717. The lowest BCUT2D eigenvalue weighted by molar-refractivity contribution is -0.00569. The number of aliphatic hydroxyl groups is 2. The molecule has 8 N–H and O–H groups in total. The van der Waals surface area contributed by atoms with Crippen molar-refractivity contribution in [1.29, 1.82) is 0 Å². The molecule has 9 atom stereocenters. The summed E-state index contributed by atoms with van der Waals surface area (Å²) in [5, 5.41) is 26.5. The van der Waals surface area contributed by atoms with Crippen LogP contribution in [0.1, 0.15) is 34.1 Å². The van der Waals surface area contributed by atoms with Crippen LogP contribution in [-0.2, 0) is 23.1 Å². The molecule has 2 saturated heterocycles. The summed E-state index contributed by atoms with van der Waals surface area (Å²) in [5.41, 5.74) is 11.6. The molecular weight excluding hydrogens is 403 g/mol. The molecule has 2 fully saturated rings. The smallest absolute Gasteiger partial charge is 0.387 e. The van der Waals surface area contributed by atoms with E-state index in [2.05, 4.69) is 10.4 Å². The fourth-order valence-electron chi connectivity index (χ4n) is 3.64. The predicted octanol–water partition coefficient (Wildman–Crippen LogP) is -0.783. The highest BCUT2D eigenvalue weighted by Gasteiger charge is 2.47. The van der Waals surface area contributed by atoms with E-state index in [-0.39, 0.29) is 18.6 Å². The van der Waals surface area contributed by atoms with Gasteiger partial charge in [-0.05, 0) is 12.3 Å². The van der Waals surface area contributed by atoms with Gasteiger partial charge in [0.2, 0.25) is 0 Å². The van der Waals surface area contributed by atoms with Crippen LogP contribution in [0.5, 0.6) is 0 Å². The first kappa shape index (κ1) is 25.1. The van der Waals surface area contributed by atoms with Gasteiger partial charge in [-0.25, -0.2) is 9.65 Å². The maximum Gasteiger partial charge on any atom is 0.405 e. The molecule has 12 heteroatoms. The normalized spacial score (nSPS) is 40.1. The second-order valence-electron chi connectivity index (χ2n) is 8.37. The molecule has 2 heterocycles. The minimum Gasteiger partial charge on any atom is -0.387 e. The summed E-state index contributed by atoms with van der Waals surface area (Å²) in [5.74, 6) is 0.280. The van der Waals surface area contributed by atoms with Gasteiger partial charge in [0, 0.05) is 13.2 Å². The largest absolute Gasteiger partial charge is 0.405 e. The Morgan fingerprint density at radius 2 is 1.59 bits per heavy atom. The summed E-state index contributed by atoms with van der Waals surface area (Å²) in [7, 11) is -2.58. The van der Waals surface area contributed by atoms with E-state index in [1.165, 1.54) is 7.11 Å². The molecule has 0 spiro atoms. The number of nitrogens with two attached hydrogens (primary N) is 2. The quantitative estimate of drug-likeness (QED) is 0.235. The Morgan fingerprint density at radius 1 is 1.03 bits per heavy atom. The SMILES string of the molecule is COP(=O)(NC1C(O)[C@H](N)O[C@@H]1CC(C)C)OC[C@H]1O[C@@H](N)C(O)C1NC(C)C. The molecule has 0 radical (unpaired) electrons. The Labute approximate surface area is 172 Å². The van der Waals surface area contributed by atoms with Gasteiger partial charge in [0.25, 0.3) is 0 Å². The van der Waals surface area contributed by atoms with E-state index >= 15 is 0 Å². The van der Waals surface area contributed by atoms with Crippen molar-refractivity contribution in [3.05, 3.63) is 0 Å². The Balaban J connectivity index is 2.04. The zero-order chi connectivity index (χ0) is 21.9. The van der Waals surface area contributed by atoms with E-state index in [4.69, 9.17) is 30.0 Å². The van der Waals surface area contributed by atoms with Crippen LogP contribution in [-0.4, -0.2) is 78.9 Å². The Morgan fingerprint density at radius 3 is 2.10 bits per heavy atom. The van der Waals surface area contributed by atoms with Crippen LogP contribution in [0.4, 0.5) is 0 Å². The first-order chi connectivity index (χ1) is 13.5. The fraction of sp³-hybridized carbons (Fsp3) is 1.00. The van der Waals surface area contributed by atoms with Crippen molar-refractivity contribution in [2.75, 3.05) is 13.7 Å². The van der Waals surface area contributed by atoms with Crippen LogP contribution in [0.2, 0.25) is 0 Å². The molecule has 5 unspecified atom stereocenters. The van der Waals surface area contributed by atoms with Gasteiger partial charge in [-0.3, -0.25) is 4.52 Å². The Bertz CT molecular complexity index is 568. The zero-order valence-electron chi connectivity index (χ0n) is 17.7. The van der Waals surface area contributed by atoms with Crippen molar-refractivity contribution >= 4 is 7.75 Å². The van der Waals surface area contributed by atoms with Gasteiger partial charge in [0.05, 0.1) is 24.8 Å². The molecule has 2 aliphatic rings. The summed E-state index contributed by atoms with van der Waals surface area (Å²) in [6, 6.07) is -1.14. The van der Waals surface area contributed by atoms with Crippen LogP contribution in [0.15, 0.2) is 0 Å². The number of hydrogen-bond donors (Lipinski definition) is 6. The first-order valence-corrected chi connectivity index (χ1v) is 11.5. The van der Waals surface area contributed by atoms with Crippen LogP contribution in [0, 0.1) is 5.92 Å². The summed E-state index contributed by atoms with van der Waals surface area (Å²) in [6.45, 7) is 7.73. The number of aliphatic hydroxyl groups excluding tert-OH is 2. The third-order valence-corrected chi connectivity index (χ3v) is 6.64. The number of nitrogens with one attached hydrogen (secondary N) is 2. The molecule has 172 valence electrons. The van der Waals surface area contributed by atoms with Gasteiger partial charge in [0.1, 0.15) is 30.8 Å². The average molecular weight is 440 g/mol. The summed E-state index contributed by atoms with van der Waals surface area (Å²) < 4.78 is 35.0. The van der Waals surface area contributed by atoms with Crippen molar-refractivity contribution in [3.63, 3.8) is 0 Å². The Kier molecular flexibility index (Phi) is 9.02. The van der Waals surface area contributed by atoms with E-state index in [1.807, 2.05) is 27.7 Å². The minimum atomic E-state index is -3.82. The molecule has 11 nitrogen and oxygen atoms in total. The lowest BCUT2D eigenvalue weighted by Gasteiger charge is -2.28. The fourth-order valence-corrected chi connectivity index (χ4v) is 4.95.